The number of aryl methyl sites for hydroxylation is 1. The fourth-order valence-corrected chi connectivity index (χ4v) is 3.63. The highest BCUT2D eigenvalue weighted by atomic mass is 19.1. The third-order valence-corrected chi connectivity index (χ3v) is 5.07. The molecule has 1 aromatic carbocycles. The van der Waals surface area contributed by atoms with Gasteiger partial charge in [0, 0.05) is 31.4 Å². The van der Waals surface area contributed by atoms with E-state index in [2.05, 4.69) is 15.1 Å². The lowest BCUT2D eigenvalue weighted by Gasteiger charge is -2.24. The molecule has 1 unspecified atom stereocenters. The Morgan fingerprint density at radius 2 is 2.14 bits per heavy atom. The van der Waals surface area contributed by atoms with Gasteiger partial charge in [-0.15, -0.1) is 0 Å². The molecule has 2 aromatic heterocycles. The molecule has 0 saturated carbocycles. The molecule has 0 N–H and O–H groups in total. The third kappa shape index (κ3) is 4.08. The summed E-state index contributed by atoms with van der Waals surface area (Å²) in [5.41, 5.74) is 1.22. The summed E-state index contributed by atoms with van der Waals surface area (Å²) < 4.78 is 19.2. The third-order valence-electron chi connectivity index (χ3n) is 5.07. The highest BCUT2D eigenvalue weighted by molar-refractivity contribution is 5.79. The topological polar surface area (TPSA) is 72.1 Å². The van der Waals surface area contributed by atoms with Gasteiger partial charge in [-0.1, -0.05) is 23.4 Å². The number of halogens is 1. The average molecular weight is 380 g/mol. The molecule has 1 aliphatic rings. The van der Waals surface area contributed by atoms with Crippen molar-refractivity contribution in [1.29, 1.82) is 0 Å². The Hall–Kier alpha value is -3.09. The number of aromatic nitrogens is 3. The molecule has 1 saturated heterocycles. The first-order chi connectivity index (χ1) is 13.7. The van der Waals surface area contributed by atoms with Gasteiger partial charge in [-0.25, -0.2) is 4.39 Å². The van der Waals surface area contributed by atoms with Gasteiger partial charge in [-0.05, 0) is 43.0 Å². The largest absolute Gasteiger partial charge is 0.339 e. The number of pyridine rings is 1. The van der Waals surface area contributed by atoms with E-state index in [0.717, 1.165) is 24.8 Å². The van der Waals surface area contributed by atoms with Crippen LogP contribution in [0.4, 0.5) is 4.39 Å². The molecule has 0 radical (unpaired) electrons. The SMILES string of the molecule is O=C(Cc1ccccc1F)N1CCCC1CCc1noc(-c2cccnc2)n1. The molecule has 1 fully saturated rings. The van der Waals surface area contributed by atoms with E-state index in [1.807, 2.05) is 17.0 Å². The zero-order chi connectivity index (χ0) is 19.3. The summed E-state index contributed by atoms with van der Waals surface area (Å²) in [6, 6.07) is 10.2. The standard InChI is InChI=1S/C21H21FN4O2/c22-18-8-2-1-5-15(18)13-20(27)26-12-4-7-17(26)9-10-19-24-21(28-25-19)16-6-3-11-23-14-16/h1-3,5-6,8,11,14,17H,4,7,9-10,12-13H2. The van der Waals surface area contributed by atoms with Crippen LogP contribution in [0, 0.1) is 5.82 Å². The van der Waals surface area contributed by atoms with Gasteiger partial charge in [-0.3, -0.25) is 9.78 Å². The number of likely N-dealkylation sites (tertiary alicyclic amines) is 1. The molecule has 0 aliphatic carbocycles. The molecule has 28 heavy (non-hydrogen) atoms. The number of carbonyl (C=O) groups is 1. The molecular weight excluding hydrogens is 359 g/mol. The van der Waals surface area contributed by atoms with Gasteiger partial charge in [-0.2, -0.15) is 4.98 Å². The van der Waals surface area contributed by atoms with E-state index in [-0.39, 0.29) is 24.2 Å². The van der Waals surface area contributed by atoms with Gasteiger partial charge >= 0.3 is 0 Å². The molecule has 3 aromatic rings. The van der Waals surface area contributed by atoms with Crippen LogP contribution in [0.1, 0.15) is 30.7 Å². The molecular formula is C21H21FN4O2. The van der Waals surface area contributed by atoms with E-state index in [4.69, 9.17) is 4.52 Å². The highest BCUT2D eigenvalue weighted by Crippen LogP contribution is 2.24. The zero-order valence-electron chi connectivity index (χ0n) is 15.4. The second-order valence-electron chi connectivity index (χ2n) is 6.95. The number of amides is 1. The average Bonchev–Trinajstić information content (AvgIpc) is 3.38. The van der Waals surface area contributed by atoms with Gasteiger partial charge in [0.05, 0.1) is 12.0 Å². The van der Waals surface area contributed by atoms with E-state index in [9.17, 15) is 9.18 Å². The van der Waals surface area contributed by atoms with Crippen LogP contribution in [-0.4, -0.2) is 38.5 Å². The van der Waals surface area contributed by atoms with Crippen molar-refractivity contribution in [2.24, 2.45) is 0 Å². The van der Waals surface area contributed by atoms with E-state index in [1.165, 1.54) is 6.07 Å². The van der Waals surface area contributed by atoms with Crippen LogP contribution in [-0.2, 0) is 17.6 Å². The molecule has 0 bridgehead atoms. The lowest BCUT2D eigenvalue weighted by Crippen LogP contribution is -2.37. The summed E-state index contributed by atoms with van der Waals surface area (Å²) in [7, 11) is 0. The van der Waals surface area contributed by atoms with Gasteiger partial charge in [0.1, 0.15) is 5.82 Å². The fraction of sp³-hybridized carbons (Fsp3) is 0.333. The molecule has 1 atom stereocenters. The molecule has 7 heteroatoms. The van der Waals surface area contributed by atoms with Gasteiger partial charge in [0.25, 0.3) is 5.89 Å². The normalized spacial score (nSPS) is 16.5. The van der Waals surface area contributed by atoms with Gasteiger partial charge in [0.2, 0.25) is 5.91 Å². The molecule has 6 nitrogen and oxygen atoms in total. The Labute approximate surface area is 162 Å². The number of carbonyl (C=O) groups excluding carboxylic acids is 1. The first-order valence-corrected chi connectivity index (χ1v) is 9.46. The first-order valence-electron chi connectivity index (χ1n) is 9.46. The van der Waals surface area contributed by atoms with Crippen LogP contribution >= 0.6 is 0 Å². The number of hydrogen-bond acceptors (Lipinski definition) is 5. The van der Waals surface area contributed by atoms with Crippen LogP contribution in [0.5, 0.6) is 0 Å². The van der Waals surface area contributed by atoms with Crippen molar-refractivity contribution >= 4 is 5.91 Å². The number of benzene rings is 1. The lowest BCUT2D eigenvalue weighted by molar-refractivity contribution is -0.131. The van der Waals surface area contributed by atoms with E-state index in [1.54, 1.807) is 30.6 Å². The predicted octanol–water partition coefficient (Wildman–Crippen LogP) is 3.44. The Bertz CT molecular complexity index is 944. The fourth-order valence-electron chi connectivity index (χ4n) is 3.63. The Kier molecular flexibility index (Phi) is 5.41. The molecule has 0 spiro atoms. The maximum atomic E-state index is 13.8. The zero-order valence-corrected chi connectivity index (χ0v) is 15.4. The lowest BCUT2D eigenvalue weighted by atomic mass is 10.1. The van der Waals surface area contributed by atoms with Crippen molar-refractivity contribution < 1.29 is 13.7 Å². The van der Waals surface area contributed by atoms with Gasteiger partial charge in [0.15, 0.2) is 5.82 Å². The Morgan fingerprint density at radius 3 is 2.96 bits per heavy atom. The van der Waals surface area contributed by atoms with Crippen molar-refractivity contribution in [3.63, 3.8) is 0 Å². The van der Waals surface area contributed by atoms with Crippen molar-refractivity contribution in [3.05, 3.63) is 66.0 Å². The number of nitrogens with zero attached hydrogens (tertiary/aromatic N) is 4. The van der Waals surface area contributed by atoms with Crippen LogP contribution < -0.4 is 0 Å². The van der Waals surface area contributed by atoms with Crippen LogP contribution in [0.25, 0.3) is 11.5 Å². The van der Waals surface area contributed by atoms with Crippen molar-refractivity contribution in [3.8, 4) is 11.5 Å². The number of hydrogen-bond donors (Lipinski definition) is 0. The highest BCUT2D eigenvalue weighted by Gasteiger charge is 2.29. The Morgan fingerprint density at radius 1 is 1.25 bits per heavy atom. The molecule has 144 valence electrons. The minimum absolute atomic E-state index is 0.0308. The van der Waals surface area contributed by atoms with E-state index in [0.29, 0.717) is 30.2 Å². The first kappa shape index (κ1) is 18.3. The summed E-state index contributed by atoms with van der Waals surface area (Å²) in [6.07, 6.45) is 6.74. The van der Waals surface area contributed by atoms with Crippen molar-refractivity contribution in [2.75, 3.05) is 6.54 Å². The van der Waals surface area contributed by atoms with Gasteiger partial charge < -0.3 is 9.42 Å². The van der Waals surface area contributed by atoms with Crippen LogP contribution in [0.2, 0.25) is 0 Å². The van der Waals surface area contributed by atoms with Crippen molar-refractivity contribution in [2.45, 2.75) is 38.1 Å². The van der Waals surface area contributed by atoms with E-state index >= 15 is 0 Å². The second-order valence-corrected chi connectivity index (χ2v) is 6.95. The summed E-state index contributed by atoms with van der Waals surface area (Å²) >= 11 is 0. The second kappa shape index (κ2) is 8.29. The number of rotatable bonds is 6. The minimum atomic E-state index is -0.332. The van der Waals surface area contributed by atoms with Crippen molar-refractivity contribution in [1.82, 2.24) is 20.0 Å². The summed E-state index contributed by atoms with van der Waals surface area (Å²) in [4.78, 5) is 23.0. The molecule has 4 rings (SSSR count). The summed E-state index contributed by atoms with van der Waals surface area (Å²) in [5, 5.41) is 4.04. The quantitative estimate of drug-likeness (QED) is 0.655. The molecule has 1 amide bonds. The minimum Gasteiger partial charge on any atom is -0.339 e. The predicted molar refractivity (Wildman–Crippen MR) is 101 cm³/mol. The van der Waals surface area contributed by atoms with E-state index < -0.39 is 0 Å². The maximum Gasteiger partial charge on any atom is 0.259 e. The molecule has 1 aliphatic heterocycles. The van der Waals surface area contributed by atoms with Crippen LogP contribution in [0.3, 0.4) is 0 Å². The smallest absolute Gasteiger partial charge is 0.259 e. The summed E-state index contributed by atoms with van der Waals surface area (Å²) in [5.74, 6) is 0.701. The molecule has 3 heterocycles. The summed E-state index contributed by atoms with van der Waals surface area (Å²) in [6.45, 7) is 0.713. The monoisotopic (exact) mass is 380 g/mol. The Balaban J connectivity index is 1.36. The van der Waals surface area contributed by atoms with Crippen LogP contribution in [0.15, 0.2) is 53.3 Å². The maximum absolute atomic E-state index is 13.8.